The first-order chi connectivity index (χ1) is 15.0. The minimum Gasteiger partial charge on any atom is -0.330 e. The molecule has 31 heavy (non-hydrogen) atoms. The zero-order chi connectivity index (χ0) is 22.4. The summed E-state index contributed by atoms with van der Waals surface area (Å²) >= 11 is 0. The van der Waals surface area contributed by atoms with E-state index in [-0.39, 0.29) is 12.3 Å². The van der Waals surface area contributed by atoms with Gasteiger partial charge in [0.2, 0.25) is 11.8 Å². The van der Waals surface area contributed by atoms with Gasteiger partial charge in [0.1, 0.15) is 6.04 Å². The zero-order valence-corrected chi connectivity index (χ0v) is 17.4. The Kier molecular flexibility index (Phi) is 7.51. The van der Waals surface area contributed by atoms with E-state index in [1.807, 2.05) is 31.2 Å². The van der Waals surface area contributed by atoms with Crippen molar-refractivity contribution in [2.24, 2.45) is 5.92 Å². The van der Waals surface area contributed by atoms with Gasteiger partial charge in [-0.05, 0) is 31.4 Å². The molecule has 2 aromatic rings. The number of fused-ring (bicyclic) bond motifs is 1. The topological polar surface area (TPSA) is 112 Å². The maximum atomic E-state index is 14.6. The van der Waals surface area contributed by atoms with E-state index >= 15 is 0 Å². The monoisotopic (exact) mass is 430 g/mol. The number of hydroxylamine groups is 1. The highest BCUT2D eigenvalue weighted by Crippen LogP contribution is 2.26. The fourth-order valence-corrected chi connectivity index (χ4v) is 3.94. The number of carbonyl (C=O) groups is 3. The molecule has 0 radical (unpaired) electrons. The van der Waals surface area contributed by atoms with Gasteiger partial charge >= 0.3 is 0 Å². The Bertz CT molecular complexity index is 954. The Hall–Kier alpha value is -3.07. The quantitative estimate of drug-likeness (QED) is 0.440. The minimum absolute atomic E-state index is 0.156. The van der Waals surface area contributed by atoms with Crippen LogP contribution in [-0.4, -0.2) is 51.6 Å². The van der Waals surface area contributed by atoms with Crippen molar-refractivity contribution < 1.29 is 24.0 Å². The highest BCUT2D eigenvalue weighted by atomic mass is 19.1. The lowest BCUT2D eigenvalue weighted by Gasteiger charge is -2.29. The second-order valence-corrected chi connectivity index (χ2v) is 7.72. The molecule has 3 amide bonds. The van der Waals surface area contributed by atoms with Gasteiger partial charge in [0.15, 0.2) is 6.17 Å². The molecule has 0 spiro atoms. The van der Waals surface area contributed by atoms with Crippen LogP contribution in [-0.2, 0) is 14.4 Å². The third-order valence-electron chi connectivity index (χ3n) is 5.60. The predicted molar refractivity (Wildman–Crippen MR) is 113 cm³/mol. The molecular formula is C22H27FN4O4. The second-order valence-electron chi connectivity index (χ2n) is 7.72. The Morgan fingerprint density at radius 3 is 2.84 bits per heavy atom. The number of nitrogens with one attached hydrogen (secondary N) is 2. The maximum Gasteiger partial charge on any atom is 0.278 e. The number of rotatable bonds is 8. The lowest BCUT2D eigenvalue weighted by atomic mass is 9.94. The molecule has 2 heterocycles. The molecule has 1 aromatic heterocycles. The molecule has 1 saturated heterocycles. The summed E-state index contributed by atoms with van der Waals surface area (Å²) in [6.07, 6.45) is 1.83. The first-order valence-corrected chi connectivity index (χ1v) is 10.5. The van der Waals surface area contributed by atoms with E-state index in [1.165, 1.54) is 10.4 Å². The highest BCUT2D eigenvalue weighted by molar-refractivity contribution is 5.99. The van der Waals surface area contributed by atoms with Crippen molar-refractivity contribution in [3.05, 3.63) is 36.5 Å². The summed E-state index contributed by atoms with van der Waals surface area (Å²) < 4.78 is 14.6. The summed E-state index contributed by atoms with van der Waals surface area (Å²) in [5.74, 6) is -3.46. The van der Waals surface area contributed by atoms with Crippen LogP contribution in [0.3, 0.4) is 0 Å². The zero-order valence-electron chi connectivity index (χ0n) is 17.4. The van der Waals surface area contributed by atoms with E-state index in [0.717, 1.165) is 17.3 Å². The number of nitrogens with zero attached hydrogens (tertiary/aromatic N) is 2. The van der Waals surface area contributed by atoms with Crippen LogP contribution in [0.4, 0.5) is 10.1 Å². The van der Waals surface area contributed by atoms with Crippen LogP contribution in [0.5, 0.6) is 0 Å². The van der Waals surface area contributed by atoms with Crippen LogP contribution in [0.2, 0.25) is 0 Å². The fraction of sp³-hybridized carbons (Fsp3) is 0.455. The van der Waals surface area contributed by atoms with Crippen LogP contribution in [0.15, 0.2) is 36.5 Å². The molecule has 1 aliphatic heterocycles. The number of pyridine rings is 1. The number of unbranched alkanes of at least 4 members (excludes halogenated alkanes) is 1. The molecule has 0 bridgehead atoms. The van der Waals surface area contributed by atoms with E-state index in [4.69, 9.17) is 5.21 Å². The lowest BCUT2D eigenvalue weighted by molar-refractivity contribution is -0.148. The molecule has 1 fully saturated rings. The molecule has 166 valence electrons. The minimum atomic E-state index is -2.18. The molecule has 2 unspecified atom stereocenters. The number of carbonyl (C=O) groups excluding carboxylic acids is 3. The van der Waals surface area contributed by atoms with Crippen LogP contribution in [0.1, 0.15) is 39.0 Å². The Morgan fingerprint density at radius 2 is 2.10 bits per heavy atom. The molecule has 3 atom stereocenters. The van der Waals surface area contributed by atoms with Crippen molar-refractivity contribution in [2.75, 3.05) is 11.9 Å². The van der Waals surface area contributed by atoms with Gasteiger partial charge in [0.25, 0.3) is 5.91 Å². The van der Waals surface area contributed by atoms with Crippen LogP contribution in [0.25, 0.3) is 10.9 Å². The first-order valence-electron chi connectivity index (χ1n) is 10.5. The van der Waals surface area contributed by atoms with Gasteiger partial charge in [-0.25, -0.2) is 9.87 Å². The highest BCUT2D eigenvalue weighted by Gasteiger charge is 2.41. The average molecular weight is 430 g/mol. The predicted octanol–water partition coefficient (Wildman–Crippen LogP) is 2.81. The number of alkyl halides is 1. The number of likely N-dealkylation sites (tertiary alicyclic amines) is 1. The first kappa shape index (κ1) is 22.6. The molecule has 0 aliphatic carbocycles. The average Bonchev–Trinajstić information content (AvgIpc) is 3.28. The van der Waals surface area contributed by atoms with Crippen molar-refractivity contribution in [1.29, 1.82) is 0 Å². The van der Waals surface area contributed by atoms with E-state index < -0.39 is 29.9 Å². The van der Waals surface area contributed by atoms with Crippen molar-refractivity contribution >= 4 is 34.3 Å². The van der Waals surface area contributed by atoms with Crippen molar-refractivity contribution in [3.63, 3.8) is 0 Å². The molecule has 0 saturated carbocycles. The summed E-state index contributed by atoms with van der Waals surface area (Å²) in [5, 5.41) is 12.4. The van der Waals surface area contributed by atoms with Crippen molar-refractivity contribution in [3.8, 4) is 0 Å². The smallest absolute Gasteiger partial charge is 0.278 e. The fourth-order valence-electron chi connectivity index (χ4n) is 3.94. The van der Waals surface area contributed by atoms with E-state index in [1.54, 1.807) is 12.3 Å². The summed E-state index contributed by atoms with van der Waals surface area (Å²) in [7, 11) is 0. The third-order valence-corrected chi connectivity index (χ3v) is 5.60. The maximum absolute atomic E-state index is 14.6. The summed E-state index contributed by atoms with van der Waals surface area (Å²) in [6.45, 7) is 2.20. The number of hydrogen-bond donors (Lipinski definition) is 3. The summed E-state index contributed by atoms with van der Waals surface area (Å²) in [5.41, 5.74) is 2.58. The molecule has 9 heteroatoms. The van der Waals surface area contributed by atoms with Gasteiger partial charge in [-0.2, -0.15) is 0 Å². The second kappa shape index (κ2) is 10.3. The normalized spacial score (nSPS) is 17.9. The molecule has 3 N–H and O–H groups in total. The van der Waals surface area contributed by atoms with Gasteiger partial charge in [-0.15, -0.1) is 0 Å². The van der Waals surface area contributed by atoms with Crippen molar-refractivity contribution in [2.45, 2.75) is 51.2 Å². The van der Waals surface area contributed by atoms with Gasteiger partial charge < -0.3 is 10.2 Å². The van der Waals surface area contributed by atoms with Crippen LogP contribution >= 0.6 is 0 Å². The number of anilines is 1. The van der Waals surface area contributed by atoms with Gasteiger partial charge in [-0.3, -0.25) is 24.6 Å². The number of halogens is 1. The number of benzene rings is 1. The summed E-state index contributed by atoms with van der Waals surface area (Å²) in [4.78, 5) is 43.3. The number of para-hydroxylation sites is 1. The van der Waals surface area contributed by atoms with Crippen LogP contribution < -0.4 is 10.8 Å². The van der Waals surface area contributed by atoms with Crippen molar-refractivity contribution in [1.82, 2.24) is 15.4 Å². The molecule has 8 nitrogen and oxygen atoms in total. The Balaban J connectivity index is 1.74. The van der Waals surface area contributed by atoms with E-state index in [9.17, 15) is 18.8 Å². The number of aromatic nitrogens is 1. The summed E-state index contributed by atoms with van der Waals surface area (Å²) in [6, 6.07) is 8.54. The molecular weight excluding hydrogens is 403 g/mol. The van der Waals surface area contributed by atoms with Crippen LogP contribution in [0, 0.1) is 5.92 Å². The standard InChI is InChI=1S/C22H27FN4O4/c1-2-3-8-16(19(23)21(29)26-31)22(30)27-11-6-10-18(27)20(28)25-15-12-14-7-4-5-9-17(14)24-13-15/h4-5,7,9,12-13,16,18-19,31H,2-3,6,8,10-11H2,1H3,(H,25,28)(H,26,29)/t16?,18?,19-/m1/s1. The third kappa shape index (κ3) is 5.16. The number of amides is 3. The lowest BCUT2D eigenvalue weighted by Crippen LogP contribution is -2.49. The SMILES string of the molecule is CCCCC(C(=O)N1CCCC1C(=O)Nc1cnc2ccccc2c1)[C@@H](F)C(=O)NO. The van der Waals surface area contributed by atoms with Gasteiger partial charge in [-0.1, -0.05) is 38.0 Å². The molecule has 3 rings (SSSR count). The van der Waals surface area contributed by atoms with Gasteiger partial charge in [0.05, 0.1) is 23.3 Å². The molecule has 1 aromatic carbocycles. The van der Waals surface area contributed by atoms with E-state index in [2.05, 4.69) is 10.3 Å². The largest absolute Gasteiger partial charge is 0.330 e. The Morgan fingerprint density at radius 1 is 1.32 bits per heavy atom. The number of hydrogen-bond acceptors (Lipinski definition) is 5. The van der Waals surface area contributed by atoms with E-state index in [0.29, 0.717) is 31.5 Å². The van der Waals surface area contributed by atoms with Gasteiger partial charge in [0, 0.05) is 11.9 Å². The Labute approximate surface area is 179 Å². The molecule has 1 aliphatic rings.